The van der Waals surface area contributed by atoms with Crippen LogP contribution in [0.2, 0.25) is 0 Å². The highest BCUT2D eigenvalue weighted by Crippen LogP contribution is 2.41. The maximum atomic E-state index is 13.1. The number of Topliss-reactive ketones (excluding diaryl/α,β-unsaturated/α-hetero) is 1. The Morgan fingerprint density at radius 2 is 1.81 bits per heavy atom. The molecule has 3 aromatic rings. The average molecular weight is 429 g/mol. The van der Waals surface area contributed by atoms with Crippen LogP contribution in [0.4, 0.5) is 0 Å². The molecule has 2 heterocycles. The number of rotatable bonds is 4. The van der Waals surface area contributed by atoms with Crippen LogP contribution in [0.1, 0.15) is 46.9 Å². The molecule has 2 aliphatic rings. The predicted molar refractivity (Wildman–Crippen MR) is 118 cm³/mol. The van der Waals surface area contributed by atoms with Gasteiger partial charge in [-0.2, -0.15) is 0 Å². The van der Waals surface area contributed by atoms with E-state index in [1.165, 1.54) is 34.4 Å². The lowest BCUT2D eigenvalue weighted by Gasteiger charge is -2.24. The third-order valence-electron chi connectivity index (χ3n) is 6.25. The molecule has 1 saturated heterocycles. The third-order valence-corrected chi connectivity index (χ3v) is 6.25. The Morgan fingerprint density at radius 3 is 2.56 bits per heavy atom. The molecule has 1 amide bonds. The number of carbonyl (C=O) groups is 2. The summed E-state index contributed by atoms with van der Waals surface area (Å²) in [4.78, 5) is 27.5. The van der Waals surface area contributed by atoms with E-state index in [-0.39, 0.29) is 23.6 Å². The van der Waals surface area contributed by atoms with E-state index in [0.29, 0.717) is 16.9 Å². The van der Waals surface area contributed by atoms with Crippen LogP contribution < -0.4 is 0 Å². The average Bonchev–Trinajstić information content (AvgIpc) is 3.41. The van der Waals surface area contributed by atoms with Crippen LogP contribution in [0.25, 0.3) is 5.76 Å². The molecule has 1 fully saturated rings. The Hall–Kier alpha value is -3.80. The number of furan rings is 1. The molecule has 2 N–H and O–H groups in total. The van der Waals surface area contributed by atoms with Crippen LogP contribution in [0, 0.1) is 0 Å². The van der Waals surface area contributed by atoms with Gasteiger partial charge in [0.15, 0.2) is 0 Å². The summed E-state index contributed by atoms with van der Waals surface area (Å²) >= 11 is 0. The van der Waals surface area contributed by atoms with Gasteiger partial charge in [-0.25, -0.2) is 0 Å². The fraction of sp³-hybridized carbons (Fsp3) is 0.231. The molecule has 6 heteroatoms. The minimum Gasteiger partial charge on any atom is -0.508 e. The maximum absolute atomic E-state index is 13.1. The summed E-state index contributed by atoms with van der Waals surface area (Å²) in [5.41, 5.74) is 3.50. The van der Waals surface area contributed by atoms with E-state index >= 15 is 0 Å². The number of nitrogens with zero attached hydrogens (tertiary/aromatic N) is 1. The van der Waals surface area contributed by atoms with Crippen molar-refractivity contribution >= 4 is 17.4 Å². The second-order valence-electron chi connectivity index (χ2n) is 8.29. The fourth-order valence-electron chi connectivity index (χ4n) is 4.69. The molecule has 1 unspecified atom stereocenters. The van der Waals surface area contributed by atoms with Gasteiger partial charge in [0.25, 0.3) is 11.7 Å². The number of ketones is 1. The summed E-state index contributed by atoms with van der Waals surface area (Å²) in [6, 6.07) is 14.7. The number of amides is 1. The van der Waals surface area contributed by atoms with Crippen molar-refractivity contribution in [1.82, 2.24) is 4.90 Å². The first kappa shape index (κ1) is 20.1. The van der Waals surface area contributed by atoms with Gasteiger partial charge in [0.2, 0.25) is 0 Å². The second-order valence-corrected chi connectivity index (χ2v) is 8.29. The number of fused-ring (bicyclic) bond motifs is 1. The first-order chi connectivity index (χ1) is 15.5. The van der Waals surface area contributed by atoms with Crippen LogP contribution in [-0.4, -0.2) is 26.8 Å². The fourth-order valence-corrected chi connectivity index (χ4v) is 4.69. The van der Waals surface area contributed by atoms with E-state index in [4.69, 9.17) is 4.42 Å². The van der Waals surface area contributed by atoms with Crippen LogP contribution in [0.15, 0.2) is 70.9 Å². The molecule has 32 heavy (non-hydrogen) atoms. The molecular formula is C26H23NO5. The van der Waals surface area contributed by atoms with Crippen molar-refractivity contribution in [3.8, 4) is 5.75 Å². The van der Waals surface area contributed by atoms with Crippen molar-refractivity contribution in [2.24, 2.45) is 0 Å². The maximum Gasteiger partial charge on any atom is 0.296 e. The summed E-state index contributed by atoms with van der Waals surface area (Å²) in [5.74, 6) is -1.13. The number of benzene rings is 2. The van der Waals surface area contributed by atoms with Crippen molar-refractivity contribution < 1.29 is 24.2 Å². The van der Waals surface area contributed by atoms with E-state index in [0.717, 1.165) is 25.7 Å². The number of aromatic hydroxyl groups is 1. The first-order valence-electron chi connectivity index (χ1n) is 10.7. The highest BCUT2D eigenvalue weighted by atomic mass is 16.3. The Morgan fingerprint density at radius 1 is 1.00 bits per heavy atom. The van der Waals surface area contributed by atoms with Crippen molar-refractivity contribution in [2.45, 2.75) is 38.3 Å². The number of aryl methyl sites for hydroxylation is 2. The van der Waals surface area contributed by atoms with E-state index in [1.807, 2.05) is 12.1 Å². The quantitative estimate of drug-likeness (QED) is 0.362. The molecule has 0 saturated carbocycles. The lowest BCUT2D eigenvalue weighted by Crippen LogP contribution is -2.29. The molecular weight excluding hydrogens is 406 g/mol. The van der Waals surface area contributed by atoms with Gasteiger partial charge < -0.3 is 19.5 Å². The highest BCUT2D eigenvalue weighted by Gasteiger charge is 2.46. The van der Waals surface area contributed by atoms with Crippen molar-refractivity contribution in [3.05, 3.63) is 94.4 Å². The van der Waals surface area contributed by atoms with Crippen LogP contribution in [0.3, 0.4) is 0 Å². The topological polar surface area (TPSA) is 91.0 Å². The number of aliphatic hydroxyl groups is 1. The smallest absolute Gasteiger partial charge is 0.296 e. The number of hydrogen-bond acceptors (Lipinski definition) is 5. The number of likely N-dealkylation sites (tertiary alicyclic amines) is 1. The van der Waals surface area contributed by atoms with E-state index < -0.39 is 17.7 Å². The number of hydrogen-bond donors (Lipinski definition) is 2. The summed E-state index contributed by atoms with van der Waals surface area (Å²) in [6.07, 6.45) is 5.68. The molecule has 1 aliphatic carbocycles. The monoisotopic (exact) mass is 429 g/mol. The molecule has 162 valence electrons. The Bertz CT molecular complexity index is 1220. The lowest BCUT2D eigenvalue weighted by molar-refractivity contribution is -0.140. The van der Waals surface area contributed by atoms with E-state index in [1.54, 1.807) is 30.3 Å². The van der Waals surface area contributed by atoms with Gasteiger partial charge in [0.1, 0.15) is 17.3 Å². The Labute approximate surface area is 185 Å². The van der Waals surface area contributed by atoms with Crippen molar-refractivity contribution in [3.63, 3.8) is 0 Å². The summed E-state index contributed by atoms with van der Waals surface area (Å²) < 4.78 is 5.40. The molecule has 5 rings (SSSR count). The molecule has 1 atom stereocenters. The van der Waals surface area contributed by atoms with Gasteiger partial charge in [0, 0.05) is 5.56 Å². The van der Waals surface area contributed by atoms with Gasteiger partial charge in [-0.05, 0) is 72.7 Å². The third kappa shape index (κ3) is 3.47. The zero-order chi connectivity index (χ0) is 22.2. The van der Waals surface area contributed by atoms with Gasteiger partial charge in [-0.15, -0.1) is 0 Å². The summed E-state index contributed by atoms with van der Waals surface area (Å²) in [5, 5.41) is 21.3. The summed E-state index contributed by atoms with van der Waals surface area (Å²) in [6.45, 7) is 0.0683. The number of aliphatic hydroxyl groups excluding tert-OH is 1. The zero-order valence-electron chi connectivity index (χ0n) is 17.5. The molecule has 0 spiro atoms. The highest BCUT2D eigenvalue weighted by molar-refractivity contribution is 6.46. The van der Waals surface area contributed by atoms with Crippen LogP contribution in [0.5, 0.6) is 5.75 Å². The van der Waals surface area contributed by atoms with Gasteiger partial charge >= 0.3 is 0 Å². The van der Waals surface area contributed by atoms with Crippen molar-refractivity contribution in [2.75, 3.05) is 0 Å². The van der Waals surface area contributed by atoms with E-state index in [9.17, 15) is 19.8 Å². The molecule has 0 bridgehead atoms. The van der Waals surface area contributed by atoms with E-state index in [2.05, 4.69) is 0 Å². The van der Waals surface area contributed by atoms with Crippen LogP contribution >= 0.6 is 0 Å². The largest absolute Gasteiger partial charge is 0.508 e. The molecule has 1 aromatic heterocycles. The minimum atomic E-state index is -0.844. The van der Waals surface area contributed by atoms with Gasteiger partial charge in [-0.3, -0.25) is 9.59 Å². The van der Waals surface area contributed by atoms with Gasteiger partial charge in [0.05, 0.1) is 24.4 Å². The molecule has 0 radical (unpaired) electrons. The number of phenols is 1. The lowest BCUT2D eigenvalue weighted by atomic mass is 9.88. The van der Waals surface area contributed by atoms with Crippen LogP contribution in [-0.2, 0) is 29.0 Å². The predicted octanol–water partition coefficient (Wildman–Crippen LogP) is 4.49. The molecule has 1 aliphatic heterocycles. The standard InChI is InChI=1S/C26H23NO5/c28-20-8-3-7-18(14-20)23-22(25(30)26(31)27(23)15-21-9-4-12-32-21)24(29)19-11-10-16-5-1-2-6-17(16)13-19/h3-4,7-14,23,28-29H,1-2,5-6,15H2/b24-22-. The normalized spacial score (nSPS) is 19.9. The Kier molecular flexibility index (Phi) is 5.05. The Balaban J connectivity index is 1.64. The summed E-state index contributed by atoms with van der Waals surface area (Å²) in [7, 11) is 0. The van der Waals surface area contributed by atoms with Crippen molar-refractivity contribution in [1.29, 1.82) is 0 Å². The number of carbonyl (C=O) groups excluding carboxylic acids is 2. The molecule has 2 aromatic carbocycles. The SMILES string of the molecule is O=C1C(=O)N(Cc2ccco2)C(c2cccc(O)c2)/C1=C(/O)c1ccc2c(c1)CCCC2. The second kappa shape index (κ2) is 8.04. The molecule has 6 nitrogen and oxygen atoms in total. The zero-order valence-corrected chi connectivity index (χ0v) is 17.5. The van der Waals surface area contributed by atoms with Gasteiger partial charge in [-0.1, -0.05) is 24.3 Å². The minimum absolute atomic E-state index is 0.0138. The number of phenolic OH excluding ortho intramolecular Hbond substituents is 1. The first-order valence-corrected chi connectivity index (χ1v) is 10.7.